The average molecular weight is 352 g/mol. The molecule has 7 nitrogen and oxygen atoms in total. The molecule has 0 aliphatic heterocycles. The first-order chi connectivity index (χ1) is 12.6. The molecule has 2 aromatic heterocycles. The summed E-state index contributed by atoms with van der Waals surface area (Å²) < 4.78 is 15.6. The van der Waals surface area contributed by atoms with Crippen LogP contribution >= 0.6 is 0 Å². The molecular formula is C19H20N4O3. The van der Waals surface area contributed by atoms with E-state index in [1.165, 1.54) is 7.11 Å². The lowest BCUT2D eigenvalue weighted by molar-refractivity contribution is 0.353. The van der Waals surface area contributed by atoms with Crippen molar-refractivity contribution in [1.82, 2.24) is 15.0 Å². The van der Waals surface area contributed by atoms with Gasteiger partial charge in [0.2, 0.25) is 5.88 Å². The lowest BCUT2D eigenvalue weighted by atomic mass is 10.1. The Hall–Kier alpha value is -3.35. The Morgan fingerprint density at radius 2 is 1.73 bits per heavy atom. The quantitative estimate of drug-likeness (QED) is 0.726. The van der Waals surface area contributed by atoms with Gasteiger partial charge in [-0.3, -0.25) is 0 Å². The molecule has 1 N–H and O–H groups in total. The maximum atomic E-state index is 5.32. The van der Waals surface area contributed by atoms with Gasteiger partial charge >= 0.3 is 6.01 Å². The van der Waals surface area contributed by atoms with Gasteiger partial charge in [0.1, 0.15) is 11.6 Å². The normalized spacial score (nSPS) is 10.3. The van der Waals surface area contributed by atoms with E-state index in [0.29, 0.717) is 5.88 Å². The van der Waals surface area contributed by atoms with Crippen LogP contribution in [0.4, 0.5) is 11.5 Å². The summed E-state index contributed by atoms with van der Waals surface area (Å²) in [5.41, 5.74) is 3.63. The van der Waals surface area contributed by atoms with E-state index < -0.39 is 0 Å². The van der Waals surface area contributed by atoms with Crippen LogP contribution in [0.2, 0.25) is 0 Å². The smallest absolute Gasteiger partial charge is 0.319 e. The zero-order valence-corrected chi connectivity index (χ0v) is 15.1. The summed E-state index contributed by atoms with van der Waals surface area (Å²) in [4.78, 5) is 12.8. The van der Waals surface area contributed by atoms with Crippen molar-refractivity contribution < 1.29 is 14.2 Å². The van der Waals surface area contributed by atoms with Crippen molar-refractivity contribution in [2.75, 3.05) is 26.6 Å². The highest BCUT2D eigenvalue weighted by molar-refractivity contribution is 5.69. The molecule has 0 radical (unpaired) electrons. The first-order valence-electron chi connectivity index (χ1n) is 7.97. The molecule has 0 fully saturated rings. The van der Waals surface area contributed by atoms with Crippen molar-refractivity contribution in [3.8, 4) is 28.8 Å². The van der Waals surface area contributed by atoms with Crippen LogP contribution in [0.15, 0.2) is 42.7 Å². The van der Waals surface area contributed by atoms with Crippen LogP contribution in [0.1, 0.15) is 5.56 Å². The number of aryl methyl sites for hydroxylation is 1. The van der Waals surface area contributed by atoms with Crippen molar-refractivity contribution in [3.63, 3.8) is 0 Å². The summed E-state index contributed by atoms with van der Waals surface area (Å²) in [6.45, 7) is 2.01. The fourth-order valence-electron chi connectivity index (χ4n) is 2.47. The molecule has 0 aliphatic rings. The molecular weight excluding hydrogens is 332 g/mol. The van der Waals surface area contributed by atoms with Crippen molar-refractivity contribution in [3.05, 3.63) is 48.3 Å². The van der Waals surface area contributed by atoms with Gasteiger partial charge in [-0.1, -0.05) is 0 Å². The van der Waals surface area contributed by atoms with E-state index in [1.807, 2.05) is 37.3 Å². The maximum Gasteiger partial charge on any atom is 0.319 e. The molecule has 0 saturated heterocycles. The summed E-state index contributed by atoms with van der Waals surface area (Å²) in [5.74, 6) is 1.99. The van der Waals surface area contributed by atoms with E-state index in [0.717, 1.165) is 33.9 Å². The zero-order valence-electron chi connectivity index (χ0n) is 15.1. The molecule has 0 aliphatic carbocycles. The average Bonchev–Trinajstić information content (AvgIpc) is 2.69. The minimum Gasteiger partial charge on any atom is -0.497 e. The number of aromatic nitrogens is 3. The molecule has 0 spiro atoms. The van der Waals surface area contributed by atoms with E-state index in [1.54, 1.807) is 26.6 Å². The Kier molecular flexibility index (Phi) is 5.17. The van der Waals surface area contributed by atoms with Gasteiger partial charge in [0.25, 0.3) is 0 Å². The summed E-state index contributed by atoms with van der Waals surface area (Å²) in [6.07, 6.45) is 3.40. The van der Waals surface area contributed by atoms with Crippen molar-refractivity contribution in [2.24, 2.45) is 0 Å². The number of rotatable bonds is 6. The predicted molar refractivity (Wildman–Crippen MR) is 99.4 cm³/mol. The second-order valence-electron chi connectivity index (χ2n) is 5.52. The van der Waals surface area contributed by atoms with Gasteiger partial charge < -0.3 is 19.5 Å². The molecule has 2 heterocycles. The number of anilines is 2. The first kappa shape index (κ1) is 17.5. The van der Waals surface area contributed by atoms with E-state index >= 15 is 0 Å². The molecule has 0 atom stereocenters. The van der Waals surface area contributed by atoms with Crippen LogP contribution in [0.3, 0.4) is 0 Å². The largest absolute Gasteiger partial charge is 0.497 e. The van der Waals surface area contributed by atoms with Crippen LogP contribution in [-0.4, -0.2) is 36.3 Å². The Morgan fingerprint density at radius 1 is 0.885 bits per heavy atom. The lowest BCUT2D eigenvalue weighted by Gasteiger charge is -2.11. The molecule has 0 bridgehead atoms. The van der Waals surface area contributed by atoms with Crippen LogP contribution in [0, 0.1) is 6.92 Å². The fourth-order valence-corrected chi connectivity index (χ4v) is 2.47. The highest BCUT2D eigenvalue weighted by atomic mass is 16.5. The van der Waals surface area contributed by atoms with E-state index in [-0.39, 0.29) is 6.01 Å². The number of ether oxygens (including phenoxy) is 3. The van der Waals surface area contributed by atoms with Gasteiger partial charge in [-0.15, -0.1) is 0 Å². The van der Waals surface area contributed by atoms with Crippen molar-refractivity contribution >= 4 is 11.5 Å². The predicted octanol–water partition coefficient (Wildman–Crippen LogP) is 3.62. The second kappa shape index (κ2) is 7.69. The molecule has 3 aromatic rings. The minimum absolute atomic E-state index is 0.256. The topological polar surface area (TPSA) is 78.4 Å². The number of nitrogens with zero attached hydrogens (tertiary/aromatic N) is 3. The van der Waals surface area contributed by atoms with Gasteiger partial charge in [0, 0.05) is 23.6 Å². The highest BCUT2D eigenvalue weighted by Gasteiger charge is 2.11. The van der Waals surface area contributed by atoms with Crippen LogP contribution in [0.5, 0.6) is 17.6 Å². The Balaban J connectivity index is 1.83. The van der Waals surface area contributed by atoms with Gasteiger partial charge in [-0.2, -0.15) is 4.98 Å². The fraction of sp³-hybridized carbons (Fsp3) is 0.211. The van der Waals surface area contributed by atoms with Crippen LogP contribution in [0.25, 0.3) is 11.1 Å². The highest BCUT2D eigenvalue weighted by Crippen LogP contribution is 2.29. The molecule has 1 aromatic carbocycles. The van der Waals surface area contributed by atoms with Crippen LogP contribution < -0.4 is 19.5 Å². The van der Waals surface area contributed by atoms with Gasteiger partial charge in [-0.25, -0.2) is 9.97 Å². The summed E-state index contributed by atoms with van der Waals surface area (Å²) >= 11 is 0. The Morgan fingerprint density at radius 3 is 2.35 bits per heavy atom. The molecule has 7 heteroatoms. The third-order valence-corrected chi connectivity index (χ3v) is 3.88. The number of pyridine rings is 1. The van der Waals surface area contributed by atoms with Gasteiger partial charge in [0.15, 0.2) is 0 Å². The molecule has 134 valence electrons. The van der Waals surface area contributed by atoms with E-state index in [2.05, 4.69) is 20.3 Å². The minimum atomic E-state index is 0.256. The summed E-state index contributed by atoms with van der Waals surface area (Å²) in [7, 11) is 4.72. The van der Waals surface area contributed by atoms with Crippen molar-refractivity contribution in [2.45, 2.75) is 6.92 Å². The SMILES string of the molecule is COc1ccc(Nc2ccc(-c3cnc(OC)nc3OC)cn2)c(C)c1. The summed E-state index contributed by atoms with van der Waals surface area (Å²) in [6, 6.07) is 9.92. The van der Waals surface area contributed by atoms with Gasteiger partial charge in [0.05, 0.1) is 26.9 Å². The molecule has 26 heavy (non-hydrogen) atoms. The van der Waals surface area contributed by atoms with E-state index in [4.69, 9.17) is 14.2 Å². The standard InChI is InChI=1S/C19H20N4O3/c1-12-9-14(24-2)6-7-16(12)22-17-8-5-13(10-20-17)15-11-21-19(26-4)23-18(15)25-3/h5-11H,1-4H3,(H,20,22). The number of nitrogens with one attached hydrogen (secondary N) is 1. The molecule has 3 rings (SSSR count). The Bertz CT molecular complexity index is 898. The number of methoxy groups -OCH3 is 3. The monoisotopic (exact) mass is 352 g/mol. The van der Waals surface area contributed by atoms with Crippen LogP contribution in [-0.2, 0) is 0 Å². The summed E-state index contributed by atoms with van der Waals surface area (Å²) in [5, 5.41) is 3.30. The third kappa shape index (κ3) is 3.66. The zero-order chi connectivity index (χ0) is 18.5. The van der Waals surface area contributed by atoms with E-state index in [9.17, 15) is 0 Å². The first-order valence-corrected chi connectivity index (χ1v) is 7.97. The third-order valence-electron chi connectivity index (χ3n) is 3.88. The second-order valence-corrected chi connectivity index (χ2v) is 5.52. The maximum absolute atomic E-state index is 5.32. The van der Waals surface area contributed by atoms with Crippen molar-refractivity contribution in [1.29, 1.82) is 0 Å². The molecule has 0 saturated carbocycles. The number of hydrogen-bond donors (Lipinski definition) is 1. The molecule has 0 unspecified atom stereocenters. The number of benzene rings is 1. The Labute approximate surface area is 152 Å². The molecule has 0 amide bonds. The lowest BCUT2D eigenvalue weighted by Crippen LogP contribution is -1.99. The van der Waals surface area contributed by atoms with Gasteiger partial charge in [-0.05, 0) is 42.8 Å². The number of hydrogen-bond acceptors (Lipinski definition) is 7.